The molecule has 2 aromatic carbocycles. The number of urea groups is 1. The van der Waals surface area contributed by atoms with Crippen LogP contribution in [0.25, 0.3) is 0 Å². The SMILES string of the molecule is CC(=O)Oc1cccc(CN2CCN(C(=O)NC(C(=O)O)c3ccccc3)C(=O)C2=O)c1OC(C)=O. The zero-order valence-electron chi connectivity index (χ0n) is 19.4. The van der Waals surface area contributed by atoms with Gasteiger partial charge in [-0.05, 0) is 11.6 Å². The summed E-state index contributed by atoms with van der Waals surface area (Å²) in [6, 6.07) is 9.91. The van der Waals surface area contributed by atoms with Gasteiger partial charge in [0.05, 0.1) is 6.54 Å². The molecule has 1 atom stereocenters. The molecule has 0 spiro atoms. The zero-order valence-corrected chi connectivity index (χ0v) is 19.4. The first-order valence-corrected chi connectivity index (χ1v) is 10.8. The number of carbonyl (C=O) groups excluding carboxylic acids is 5. The second-order valence-electron chi connectivity index (χ2n) is 7.75. The number of aliphatic carboxylic acids is 1. The Morgan fingerprint density at radius 2 is 1.58 bits per heavy atom. The Hall–Kier alpha value is -4.74. The highest BCUT2D eigenvalue weighted by molar-refractivity contribution is 6.38. The van der Waals surface area contributed by atoms with Crippen LogP contribution in [-0.4, -0.2) is 63.7 Å². The van der Waals surface area contributed by atoms with Crippen molar-refractivity contribution in [2.24, 2.45) is 0 Å². The lowest BCUT2D eigenvalue weighted by Gasteiger charge is -2.33. The molecule has 1 heterocycles. The number of rotatable bonds is 7. The van der Waals surface area contributed by atoms with Gasteiger partial charge in [-0.25, -0.2) is 9.59 Å². The van der Waals surface area contributed by atoms with Crippen molar-refractivity contribution in [3.8, 4) is 11.5 Å². The van der Waals surface area contributed by atoms with E-state index in [-0.39, 0.29) is 36.7 Å². The van der Waals surface area contributed by atoms with Gasteiger partial charge in [-0.2, -0.15) is 0 Å². The molecule has 12 nitrogen and oxygen atoms in total. The van der Waals surface area contributed by atoms with Crippen LogP contribution in [0.15, 0.2) is 48.5 Å². The Morgan fingerprint density at radius 3 is 2.19 bits per heavy atom. The van der Waals surface area contributed by atoms with Gasteiger partial charge >= 0.3 is 35.8 Å². The summed E-state index contributed by atoms with van der Waals surface area (Å²) >= 11 is 0. The number of nitrogens with one attached hydrogen (secondary N) is 1. The molecule has 0 radical (unpaired) electrons. The summed E-state index contributed by atoms with van der Waals surface area (Å²) in [7, 11) is 0. The van der Waals surface area contributed by atoms with Crippen LogP contribution >= 0.6 is 0 Å². The summed E-state index contributed by atoms with van der Waals surface area (Å²) < 4.78 is 10.2. The lowest BCUT2D eigenvalue weighted by Crippen LogP contribution is -2.58. The van der Waals surface area contributed by atoms with Gasteiger partial charge < -0.3 is 24.8 Å². The van der Waals surface area contributed by atoms with E-state index in [2.05, 4.69) is 5.32 Å². The largest absolute Gasteiger partial charge is 0.479 e. The maximum Gasteiger partial charge on any atom is 0.330 e. The van der Waals surface area contributed by atoms with Crippen molar-refractivity contribution in [2.45, 2.75) is 26.4 Å². The highest BCUT2D eigenvalue weighted by Crippen LogP contribution is 2.33. The number of esters is 2. The monoisotopic (exact) mass is 497 g/mol. The molecule has 1 unspecified atom stereocenters. The second kappa shape index (κ2) is 11.1. The maximum absolute atomic E-state index is 12.8. The fraction of sp³-hybridized carbons (Fsp3) is 0.250. The number of piperazine rings is 1. The van der Waals surface area contributed by atoms with Crippen LogP contribution in [0.5, 0.6) is 11.5 Å². The van der Waals surface area contributed by atoms with Crippen molar-refractivity contribution in [1.82, 2.24) is 15.1 Å². The van der Waals surface area contributed by atoms with E-state index in [1.807, 2.05) is 0 Å². The second-order valence-corrected chi connectivity index (χ2v) is 7.75. The Bertz CT molecular complexity index is 1210. The molecule has 1 aliphatic rings. The molecule has 12 heteroatoms. The Labute approximate surface area is 205 Å². The Kier molecular flexibility index (Phi) is 8.00. The summed E-state index contributed by atoms with van der Waals surface area (Å²) in [5, 5.41) is 11.8. The van der Waals surface area contributed by atoms with Gasteiger partial charge in [-0.1, -0.05) is 42.5 Å². The van der Waals surface area contributed by atoms with Crippen molar-refractivity contribution in [2.75, 3.05) is 13.1 Å². The molecule has 2 N–H and O–H groups in total. The number of carbonyl (C=O) groups is 6. The third-order valence-corrected chi connectivity index (χ3v) is 5.12. The lowest BCUT2D eigenvalue weighted by atomic mass is 10.1. The average molecular weight is 497 g/mol. The number of hydrogen-bond acceptors (Lipinski definition) is 8. The standard InChI is InChI=1S/C24H23N3O9/c1-14(28)35-18-10-6-9-17(20(18)36-15(2)29)13-26-11-12-27(22(31)21(26)30)24(34)25-19(23(32)33)16-7-4-3-5-8-16/h3-10,19H,11-13H2,1-2H3,(H,25,34)(H,32,33). The number of para-hydroxylation sites is 1. The molecule has 3 rings (SSSR count). The number of carboxylic acid groups (broad SMARTS) is 1. The summed E-state index contributed by atoms with van der Waals surface area (Å²) in [6.45, 7) is 1.87. The summed E-state index contributed by atoms with van der Waals surface area (Å²) in [6.07, 6.45) is 0. The molecule has 2 aromatic rings. The Balaban J connectivity index is 1.75. The number of carboxylic acids is 1. The zero-order chi connectivity index (χ0) is 26.4. The van der Waals surface area contributed by atoms with Gasteiger partial charge in [0.15, 0.2) is 17.5 Å². The van der Waals surface area contributed by atoms with E-state index in [4.69, 9.17) is 9.47 Å². The minimum Gasteiger partial charge on any atom is -0.479 e. The van der Waals surface area contributed by atoms with Crippen LogP contribution in [0, 0.1) is 0 Å². The molecule has 0 aliphatic carbocycles. The van der Waals surface area contributed by atoms with E-state index in [9.17, 15) is 33.9 Å². The molecule has 4 amide bonds. The van der Waals surface area contributed by atoms with E-state index < -0.39 is 41.8 Å². The third-order valence-electron chi connectivity index (χ3n) is 5.12. The molecular weight excluding hydrogens is 474 g/mol. The number of hydrogen-bond donors (Lipinski definition) is 2. The van der Waals surface area contributed by atoms with Crippen molar-refractivity contribution in [1.29, 1.82) is 0 Å². The molecule has 1 fully saturated rings. The fourth-order valence-corrected chi connectivity index (χ4v) is 3.54. The van der Waals surface area contributed by atoms with E-state index >= 15 is 0 Å². The van der Waals surface area contributed by atoms with Gasteiger partial charge in [-0.15, -0.1) is 0 Å². The van der Waals surface area contributed by atoms with E-state index in [1.54, 1.807) is 18.2 Å². The third kappa shape index (κ3) is 6.03. The minimum absolute atomic E-state index is 0.0346. The van der Waals surface area contributed by atoms with E-state index in [0.29, 0.717) is 10.5 Å². The fourth-order valence-electron chi connectivity index (χ4n) is 3.54. The summed E-state index contributed by atoms with van der Waals surface area (Å²) in [4.78, 5) is 74.6. The number of ether oxygens (including phenoxy) is 2. The summed E-state index contributed by atoms with van der Waals surface area (Å²) in [5.74, 6) is -4.96. The quantitative estimate of drug-likeness (QED) is 0.326. The van der Waals surface area contributed by atoms with Gasteiger partial charge in [0, 0.05) is 32.5 Å². The van der Waals surface area contributed by atoms with E-state index in [0.717, 1.165) is 11.8 Å². The first kappa shape index (κ1) is 25.9. The van der Waals surface area contributed by atoms with E-state index in [1.165, 1.54) is 37.3 Å². The van der Waals surface area contributed by atoms with Crippen molar-refractivity contribution >= 4 is 35.8 Å². The van der Waals surface area contributed by atoms with Crippen LogP contribution in [0.1, 0.15) is 31.0 Å². The lowest BCUT2D eigenvalue weighted by molar-refractivity contribution is -0.154. The first-order chi connectivity index (χ1) is 17.1. The van der Waals surface area contributed by atoms with Crippen molar-refractivity contribution in [3.05, 3.63) is 59.7 Å². The minimum atomic E-state index is -1.42. The predicted molar refractivity (Wildman–Crippen MR) is 122 cm³/mol. The van der Waals surface area contributed by atoms with Crippen molar-refractivity contribution < 1.29 is 43.3 Å². The normalized spacial score (nSPS) is 14.2. The number of nitrogens with zero attached hydrogens (tertiary/aromatic N) is 2. The van der Waals surface area contributed by atoms with Crippen molar-refractivity contribution in [3.63, 3.8) is 0 Å². The molecule has 1 saturated heterocycles. The molecule has 0 aromatic heterocycles. The average Bonchev–Trinajstić information content (AvgIpc) is 2.82. The van der Waals surface area contributed by atoms with Crippen LogP contribution in [-0.2, 0) is 30.5 Å². The maximum atomic E-state index is 12.8. The number of benzene rings is 2. The van der Waals surface area contributed by atoms with Gasteiger partial charge in [-0.3, -0.25) is 24.1 Å². The van der Waals surface area contributed by atoms with Crippen LogP contribution < -0.4 is 14.8 Å². The van der Waals surface area contributed by atoms with Gasteiger partial charge in [0.1, 0.15) is 0 Å². The van der Waals surface area contributed by atoms with Gasteiger partial charge in [0.25, 0.3) is 0 Å². The molecule has 188 valence electrons. The highest BCUT2D eigenvalue weighted by atomic mass is 16.6. The number of imide groups is 1. The molecule has 1 aliphatic heterocycles. The Morgan fingerprint density at radius 1 is 0.917 bits per heavy atom. The topological polar surface area (TPSA) is 160 Å². The summed E-state index contributed by atoms with van der Waals surface area (Å²) in [5.41, 5.74) is 0.583. The molecule has 0 saturated carbocycles. The molecule has 0 bridgehead atoms. The predicted octanol–water partition coefficient (Wildman–Crippen LogP) is 1.24. The molecular formula is C24H23N3O9. The highest BCUT2D eigenvalue weighted by Gasteiger charge is 2.38. The first-order valence-electron chi connectivity index (χ1n) is 10.8. The number of amides is 4. The van der Waals surface area contributed by atoms with Crippen LogP contribution in [0.2, 0.25) is 0 Å². The van der Waals surface area contributed by atoms with Crippen LogP contribution in [0.4, 0.5) is 4.79 Å². The smallest absolute Gasteiger partial charge is 0.330 e. The molecule has 36 heavy (non-hydrogen) atoms. The van der Waals surface area contributed by atoms with Crippen LogP contribution in [0.3, 0.4) is 0 Å². The van der Waals surface area contributed by atoms with Gasteiger partial charge in [0.2, 0.25) is 0 Å².